The molecule has 2 heterocycles. The molecule has 148 valence electrons. The van der Waals surface area contributed by atoms with Crippen LogP contribution in [-0.4, -0.2) is 48.2 Å². The topological polar surface area (TPSA) is 46.5 Å². The van der Waals surface area contributed by atoms with Gasteiger partial charge in [-0.25, -0.2) is 0 Å². The van der Waals surface area contributed by atoms with Crippen molar-refractivity contribution < 1.29 is 9.53 Å². The number of hydrogen-bond acceptors (Lipinski definition) is 3. The molecule has 0 aliphatic carbocycles. The SMILES string of the molecule is COCC(=O)NCC[C@H]1CCCCN1Cc1cn(C(C)C)c2ccccc12. The lowest BCUT2D eigenvalue weighted by Gasteiger charge is -2.35. The predicted molar refractivity (Wildman–Crippen MR) is 110 cm³/mol. The molecule has 0 bridgehead atoms. The van der Waals surface area contributed by atoms with Crippen LogP contribution < -0.4 is 5.32 Å². The lowest BCUT2D eigenvalue weighted by Crippen LogP contribution is -2.41. The first-order valence-electron chi connectivity index (χ1n) is 10.2. The summed E-state index contributed by atoms with van der Waals surface area (Å²) in [5, 5.41) is 4.33. The van der Waals surface area contributed by atoms with Gasteiger partial charge in [-0.15, -0.1) is 0 Å². The van der Waals surface area contributed by atoms with Crippen LogP contribution in [0.4, 0.5) is 0 Å². The Balaban J connectivity index is 1.69. The molecule has 1 aromatic heterocycles. The number of hydrogen-bond donors (Lipinski definition) is 1. The summed E-state index contributed by atoms with van der Waals surface area (Å²) in [6.45, 7) is 7.46. The van der Waals surface area contributed by atoms with Gasteiger partial charge in [0.1, 0.15) is 6.61 Å². The Hall–Kier alpha value is -1.85. The first-order chi connectivity index (χ1) is 13.1. The molecule has 1 aliphatic heterocycles. The third-order valence-corrected chi connectivity index (χ3v) is 5.58. The molecule has 27 heavy (non-hydrogen) atoms. The normalized spacial score (nSPS) is 18.3. The highest BCUT2D eigenvalue weighted by Crippen LogP contribution is 2.28. The van der Waals surface area contributed by atoms with Gasteiger partial charge in [0.05, 0.1) is 0 Å². The third kappa shape index (κ3) is 4.90. The van der Waals surface area contributed by atoms with E-state index in [-0.39, 0.29) is 12.5 Å². The number of aromatic nitrogens is 1. The first kappa shape index (κ1) is 19.9. The lowest BCUT2D eigenvalue weighted by molar-refractivity contribution is -0.124. The van der Waals surface area contributed by atoms with Crippen molar-refractivity contribution in [3.05, 3.63) is 36.0 Å². The minimum absolute atomic E-state index is 0.0279. The zero-order chi connectivity index (χ0) is 19.2. The van der Waals surface area contributed by atoms with Crippen LogP contribution in [0, 0.1) is 0 Å². The molecule has 1 fully saturated rings. The molecule has 2 aromatic rings. The summed E-state index contributed by atoms with van der Waals surface area (Å²) in [6, 6.07) is 9.71. The Labute approximate surface area is 162 Å². The summed E-state index contributed by atoms with van der Waals surface area (Å²) >= 11 is 0. The van der Waals surface area contributed by atoms with Crippen molar-refractivity contribution in [2.45, 2.75) is 58.2 Å². The molecule has 5 heteroatoms. The number of benzene rings is 1. The van der Waals surface area contributed by atoms with Gasteiger partial charge in [0, 0.05) is 49.4 Å². The smallest absolute Gasteiger partial charge is 0.245 e. The monoisotopic (exact) mass is 371 g/mol. The zero-order valence-electron chi connectivity index (χ0n) is 16.9. The standard InChI is InChI=1S/C22H33N3O2/c1-17(2)25-15-18(20-9-4-5-10-21(20)25)14-24-13-7-6-8-19(24)11-12-23-22(26)16-27-3/h4-5,9-10,15,17,19H,6-8,11-14,16H2,1-3H3,(H,23,26)/t19-/m1/s1. The average Bonchev–Trinajstić information content (AvgIpc) is 3.02. The fraction of sp³-hybridized carbons (Fsp3) is 0.591. The average molecular weight is 372 g/mol. The summed E-state index contributed by atoms with van der Waals surface area (Å²) < 4.78 is 7.27. The Morgan fingerprint density at radius 1 is 1.30 bits per heavy atom. The summed E-state index contributed by atoms with van der Waals surface area (Å²) in [7, 11) is 1.55. The highest BCUT2D eigenvalue weighted by molar-refractivity contribution is 5.84. The van der Waals surface area contributed by atoms with Gasteiger partial charge in [0.2, 0.25) is 5.91 Å². The van der Waals surface area contributed by atoms with Crippen LogP contribution in [0.3, 0.4) is 0 Å². The van der Waals surface area contributed by atoms with E-state index < -0.39 is 0 Å². The van der Waals surface area contributed by atoms with E-state index in [2.05, 4.69) is 59.1 Å². The number of nitrogens with zero attached hydrogens (tertiary/aromatic N) is 2. The Morgan fingerprint density at radius 2 is 2.11 bits per heavy atom. The second-order valence-electron chi connectivity index (χ2n) is 7.86. The van der Waals surface area contributed by atoms with Crippen molar-refractivity contribution in [3.63, 3.8) is 0 Å². The molecule has 0 unspecified atom stereocenters. The van der Waals surface area contributed by atoms with E-state index in [4.69, 9.17) is 4.74 Å². The van der Waals surface area contributed by atoms with E-state index in [1.807, 2.05) is 0 Å². The number of amides is 1. The number of likely N-dealkylation sites (tertiary alicyclic amines) is 1. The van der Waals surface area contributed by atoms with E-state index in [0.717, 1.165) is 26.1 Å². The molecule has 3 rings (SSSR count). The largest absolute Gasteiger partial charge is 0.375 e. The Morgan fingerprint density at radius 3 is 2.89 bits per heavy atom. The van der Waals surface area contributed by atoms with Crippen LogP contribution in [0.1, 0.15) is 51.1 Å². The molecule has 1 amide bonds. The number of fused-ring (bicyclic) bond motifs is 1. The van der Waals surface area contributed by atoms with Crippen molar-refractivity contribution in [1.29, 1.82) is 0 Å². The van der Waals surface area contributed by atoms with E-state index in [1.165, 1.54) is 35.7 Å². The molecule has 0 radical (unpaired) electrons. The summed E-state index contributed by atoms with van der Waals surface area (Å²) in [5.41, 5.74) is 2.73. The van der Waals surface area contributed by atoms with E-state index in [9.17, 15) is 4.79 Å². The third-order valence-electron chi connectivity index (χ3n) is 5.58. The number of rotatable bonds is 8. The van der Waals surface area contributed by atoms with Crippen LogP contribution in [-0.2, 0) is 16.1 Å². The van der Waals surface area contributed by atoms with Crippen LogP contribution in [0.5, 0.6) is 0 Å². The van der Waals surface area contributed by atoms with Crippen molar-refractivity contribution in [2.24, 2.45) is 0 Å². The predicted octanol–water partition coefficient (Wildman–Crippen LogP) is 3.73. The number of nitrogens with one attached hydrogen (secondary N) is 1. The van der Waals surface area contributed by atoms with Crippen LogP contribution in [0.25, 0.3) is 10.9 Å². The maximum atomic E-state index is 11.6. The maximum Gasteiger partial charge on any atom is 0.245 e. The van der Waals surface area contributed by atoms with E-state index in [1.54, 1.807) is 7.11 Å². The molecule has 5 nitrogen and oxygen atoms in total. The summed E-state index contributed by atoms with van der Waals surface area (Å²) in [4.78, 5) is 14.2. The Kier molecular flexibility index (Phi) is 6.91. The second kappa shape index (κ2) is 9.38. The van der Waals surface area contributed by atoms with Gasteiger partial charge < -0.3 is 14.6 Å². The van der Waals surface area contributed by atoms with Crippen LogP contribution >= 0.6 is 0 Å². The van der Waals surface area contributed by atoms with Gasteiger partial charge >= 0.3 is 0 Å². The van der Waals surface area contributed by atoms with Gasteiger partial charge in [0.25, 0.3) is 0 Å². The minimum atomic E-state index is -0.0279. The zero-order valence-corrected chi connectivity index (χ0v) is 16.9. The first-order valence-corrected chi connectivity index (χ1v) is 10.2. The molecule has 0 spiro atoms. The molecular weight excluding hydrogens is 338 g/mol. The van der Waals surface area contributed by atoms with Gasteiger partial charge in [-0.1, -0.05) is 24.6 Å². The number of carbonyl (C=O) groups excluding carboxylic acids is 1. The fourth-order valence-corrected chi connectivity index (χ4v) is 4.20. The molecular formula is C22H33N3O2. The number of ether oxygens (including phenoxy) is 1. The second-order valence-corrected chi connectivity index (χ2v) is 7.86. The quantitative estimate of drug-likeness (QED) is 0.769. The molecule has 1 N–H and O–H groups in total. The Bertz CT molecular complexity index is 753. The molecule has 1 aromatic carbocycles. The van der Waals surface area contributed by atoms with Gasteiger partial charge in [0.15, 0.2) is 0 Å². The van der Waals surface area contributed by atoms with Gasteiger partial charge in [-0.05, 0) is 51.3 Å². The minimum Gasteiger partial charge on any atom is -0.375 e. The van der Waals surface area contributed by atoms with Gasteiger partial charge in [-0.3, -0.25) is 9.69 Å². The van der Waals surface area contributed by atoms with Gasteiger partial charge in [-0.2, -0.15) is 0 Å². The lowest BCUT2D eigenvalue weighted by atomic mass is 9.98. The van der Waals surface area contributed by atoms with Crippen molar-refractivity contribution in [2.75, 3.05) is 26.8 Å². The van der Waals surface area contributed by atoms with E-state index in [0.29, 0.717) is 12.1 Å². The maximum absolute atomic E-state index is 11.6. The number of carbonyl (C=O) groups is 1. The summed E-state index contributed by atoms with van der Waals surface area (Å²) in [5.74, 6) is -0.0279. The highest BCUT2D eigenvalue weighted by Gasteiger charge is 2.23. The number of methoxy groups -OCH3 is 1. The van der Waals surface area contributed by atoms with Crippen molar-refractivity contribution in [1.82, 2.24) is 14.8 Å². The molecule has 1 saturated heterocycles. The number of piperidine rings is 1. The van der Waals surface area contributed by atoms with E-state index >= 15 is 0 Å². The van der Waals surface area contributed by atoms with Crippen molar-refractivity contribution >= 4 is 16.8 Å². The summed E-state index contributed by atoms with van der Waals surface area (Å²) in [6.07, 6.45) is 7.08. The molecule has 1 atom stereocenters. The molecule has 1 aliphatic rings. The highest BCUT2D eigenvalue weighted by atomic mass is 16.5. The fourth-order valence-electron chi connectivity index (χ4n) is 4.20. The van der Waals surface area contributed by atoms with Crippen LogP contribution in [0.15, 0.2) is 30.5 Å². The van der Waals surface area contributed by atoms with Crippen molar-refractivity contribution in [3.8, 4) is 0 Å². The van der Waals surface area contributed by atoms with Crippen LogP contribution in [0.2, 0.25) is 0 Å². The molecule has 0 saturated carbocycles. The number of para-hydroxylation sites is 1.